The Kier molecular flexibility index (Phi) is 10.9. The molecule has 0 spiro atoms. The molecule has 0 saturated carbocycles. The number of hydrogen-bond acceptors (Lipinski definition) is 5. The van der Waals surface area contributed by atoms with Crippen molar-refractivity contribution in [3.8, 4) is 0 Å². The van der Waals surface area contributed by atoms with E-state index in [0.29, 0.717) is 19.4 Å². The average Bonchev–Trinajstić information content (AvgIpc) is 2.48. The van der Waals surface area contributed by atoms with Crippen molar-refractivity contribution in [1.82, 2.24) is 21.3 Å². The lowest BCUT2D eigenvalue weighted by Gasteiger charge is -2.13. The van der Waals surface area contributed by atoms with Crippen molar-refractivity contribution in [2.75, 3.05) is 20.1 Å². The van der Waals surface area contributed by atoms with Crippen LogP contribution < -0.4 is 21.3 Å². The molecule has 0 aliphatic heterocycles. The highest BCUT2D eigenvalue weighted by molar-refractivity contribution is 7.81. The van der Waals surface area contributed by atoms with Crippen LogP contribution in [-0.2, 0) is 19.2 Å². The minimum absolute atomic E-state index is 0.138. The van der Waals surface area contributed by atoms with Crippen molar-refractivity contribution in [3.63, 3.8) is 0 Å². The number of thiol groups is 1. The first kappa shape index (κ1) is 20.2. The van der Waals surface area contributed by atoms with E-state index < -0.39 is 11.9 Å². The Morgan fingerprint density at radius 2 is 1.91 bits per heavy atom. The van der Waals surface area contributed by atoms with E-state index in [1.54, 1.807) is 6.92 Å². The summed E-state index contributed by atoms with van der Waals surface area (Å²) in [5.41, 5.74) is 0. The lowest BCUT2D eigenvalue weighted by molar-refractivity contribution is -0.129. The van der Waals surface area contributed by atoms with Gasteiger partial charge in [-0.1, -0.05) is 0 Å². The highest BCUT2D eigenvalue weighted by Gasteiger charge is 2.15. The molecule has 4 amide bonds. The monoisotopic (exact) mass is 332 g/mol. The second-order valence-electron chi connectivity index (χ2n) is 4.75. The van der Waals surface area contributed by atoms with Crippen molar-refractivity contribution in [2.24, 2.45) is 0 Å². The Bertz CT molecular complexity index is 392. The average molecular weight is 332 g/mol. The Hall–Kier alpha value is -1.77. The summed E-state index contributed by atoms with van der Waals surface area (Å²) in [7, 11) is 1.48. The molecule has 0 radical (unpaired) electrons. The summed E-state index contributed by atoms with van der Waals surface area (Å²) in [4.78, 5) is 44.5. The van der Waals surface area contributed by atoms with Crippen molar-refractivity contribution >= 4 is 36.8 Å². The summed E-state index contributed by atoms with van der Waals surface area (Å²) in [5.74, 6) is -1.03. The molecule has 9 heteroatoms. The van der Waals surface area contributed by atoms with E-state index >= 15 is 0 Å². The van der Waals surface area contributed by atoms with Gasteiger partial charge in [-0.3, -0.25) is 19.2 Å². The van der Waals surface area contributed by atoms with Gasteiger partial charge in [-0.2, -0.15) is 12.6 Å². The molecular weight excluding hydrogens is 308 g/mol. The van der Waals surface area contributed by atoms with Crippen LogP contribution in [0.1, 0.15) is 26.2 Å². The predicted molar refractivity (Wildman–Crippen MR) is 85.4 cm³/mol. The Morgan fingerprint density at radius 3 is 2.50 bits per heavy atom. The van der Waals surface area contributed by atoms with Gasteiger partial charge in [0.1, 0.15) is 6.04 Å². The Morgan fingerprint density at radius 1 is 1.23 bits per heavy atom. The molecule has 0 aliphatic rings. The van der Waals surface area contributed by atoms with Crippen LogP contribution in [0, 0.1) is 0 Å². The van der Waals surface area contributed by atoms with Crippen molar-refractivity contribution in [1.29, 1.82) is 0 Å². The number of carbonyl (C=O) groups excluding carboxylic acids is 4. The second kappa shape index (κ2) is 11.8. The molecule has 0 aromatic rings. The largest absolute Gasteiger partial charge is 0.359 e. The van der Waals surface area contributed by atoms with E-state index in [2.05, 4.69) is 33.9 Å². The van der Waals surface area contributed by atoms with E-state index in [1.807, 2.05) is 0 Å². The van der Waals surface area contributed by atoms with Gasteiger partial charge in [0.25, 0.3) is 0 Å². The summed E-state index contributed by atoms with van der Waals surface area (Å²) in [6.45, 7) is 1.91. The van der Waals surface area contributed by atoms with Gasteiger partial charge in [0.2, 0.25) is 24.1 Å². The number of rotatable bonds is 11. The molecule has 2 atom stereocenters. The van der Waals surface area contributed by atoms with Gasteiger partial charge in [-0.25, -0.2) is 0 Å². The van der Waals surface area contributed by atoms with Gasteiger partial charge in [0.05, 0.1) is 6.54 Å². The third kappa shape index (κ3) is 10.0. The zero-order valence-electron chi connectivity index (χ0n) is 12.8. The minimum atomic E-state index is -0.655. The van der Waals surface area contributed by atoms with E-state index in [4.69, 9.17) is 0 Å². The first-order valence-corrected chi connectivity index (χ1v) is 7.55. The van der Waals surface area contributed by atoms with Crippen LogP contribution in [0.2, 0.25) is 0 Å². The van der Waals surface area contributed by atoms with Crippen LogP contribution in [0.15, 0.2) is 0 Å². The number of likely N-dealkylation sites (N-methyl/N-ethyl adjacent to an activating group) is 1. The molecule has 22 heavy (non-hydrogen) atoms. The van der Waals surface area contributed by atoms with Crippen LogP contribution in [0.5, 0.6) is 0 Å². The van der Waals surface area contributed by atoms with E-state index in [9.17, 15) is 19.2 Å². The summed E-state index contributed by atoms with van der Waals surface area (Å²) >= 11 is 4.28. The summed E-state index contributed by atoms with van der Waals surface area (Å²) < 4.78 is 0. The van der Waals surface area contributed by atoms with Gasteiger partial charge in [-0.05, 0) is 19.8 Å². The van der Waals surface area contributed by atoms with Crippen molar-refractivity contribution < 1.29 is 19.2 Å². The topological polar surface area (TPSA) is 116 Å². The van der Waals surface area contributed by atoms with Gasteiger partial charge < -0.3 is 21.3 Å². The number of hydrogen-bond donors (Lipinski definition) is 5. The summed E-state index contributed by atoms with van der Waals surface area (Å²) in [5, 5.41) is 9.74. The minimum Gasteiger partial charge on any atom is -0.359 e. The third-order valence-electron chi connectivity index (χ3n) is 2.83. The second-order valence-corrected chi connectivity index (χ2v) is 5.48. The van der Waals surface area contributed by atoms with Crippen LogP contribution >= 0.6 is 12.6 Å². The lowest BCUT2D eigenvalue weighted by Crippen LogP contribution is -2.47. The summed E-state index contributed by atoms with van der Waals surface area (Å²) in [6, 6.07) is -0.655. The van der Waals surface area contributed by atoms with E-state index in [-0.39, 0.29) is 30.0 Å². The molecule has 0 aliphatic carbocycles. The van der Waals surface area contributed by atoms with Crippen molar-refractivity contribution in [3.05, 3.63) is 0 Å². The van der Waals surface area contributed by atoms with Gasteiger partial charge in [-0.15, -0.1) is 0 Å². The Balaban J connectivity index is 3.85. The molecule has 8 nitrogen and oxygen atoms in total. The molecule has 0 unspecified atom stereocenters. The normalized spacial score (nSPS) is 12.7. The first-order chi connectivity index (χ1) is 10.4. The fourth-order valence-corrected chi connectivity index (χ4v) is 1.99. The Labute approximate surface area is 135 Å². The fraction of sp³-hybridized carbons (Fsp3) is 0.692. The SMILES string of the molecule is CNC(=O)[C@H](C)NC(=O)CNC(=O)C[C@@H](S)CCCNC=O. The maximum Gasteiger partial charge on any atom is 0.242 e. The molecule has 0 aromatic heterocycles. The molecule has 0 saturated heterocycles. The van der Waals surface area contributed by atoms with Crippen LogP contribution in [0.4, 0.5) is 0 Å². The maximum atomic E-state index is 11.6. The molecule has 4 N–H and O–H groups in total. The zero-order chi connectivity index (χ0) is 17.0. The number of nitrogens with one attached hydrogen (secondary N) is 4. The van der Waals surface area contributed by atoms with Gasteiger partial charge in [0.15, 0.2) is 0 Å². The molecule has 126 valence electrons. The van der Waals surface area contributed by atoms with Gasteiger partial charge in [0, 0.05) is 25.3 Å². The smallest absolute Gasteiger partial charge is 0.242 e. The quantitative estimate of drug-likeness (QED) is 0.181. The highest BCUT2D eigenvalue weighted by atomic mass is 32.1. The third-order valence-corrected chi connectivity index (χ3v) is 3.27. The van der Waals surface area contributed by atoms with Crippen LogP contribution in [-0.4, -0.2) is 55.6 Å². The van der Waals surface area contributed by atoms with E-state index in [1.165, 1.54) is 7.05 Å². The van der Waals surface area contributed by atoms with Crippen LogP contribution in [0.25, 0.3) is 0 Å². The highest BCUT2D eigenvalue weighted by Crippen LogP contribution is 2.08. The van der Waals surface area contributed by atoms with Crippen LogP contribution in [0.3, 0.4) is 0 Å². The molecule has 0 bridgehead atoms. The predicted octanol–water partition coefficient (Wildman–Crippen LogP) is -1.43. The molecule has 0 aromatic carbocycles. The number of carbonyl (C=O) groups is 4. The lowest BCUT2D eigenvalue weighted by atomic mass is 10.2. The fourth-order valence-electron chi connectivity index (χ4n) is 1.64. The van der Waals surface area contributed by atoms with Crippen molar-refractivity contribution in [2.45, 2.75) is 37.5 Å². The molecule has 0 rings (SSSR count). The van der Waals surface area contributed by atoms with Gasteiger partial charge >= 0.3 is 0 Å². The zero-order valence-corrected chi connectivity index (χ0v) is 13.7. The number of amides is 4. The van der Waals surface area contributed by atoms with E-state index in [0.717, 1.165) is 6.42 Å². The summed E-state index contributed by atoms with van der Waals surface area (Å²) in [6.07, 6.45) is 2.21. The maximum absolute atomic E-state index is 11.6. The molecular formula is C13H24N4O4S. The molecule has 0 fully saturated rings. The first-order valence-electron chi connectivity index (χ1n) is 7.03. The molecule has 0 heterocycles. The standard InChI is InChI=1S/C13H24N4O4S/c1-9(13(21)14-2)17-12(20)7-16-11(19)6-10(22)4-3-5-15-8-18/h8-10,22H,3-7H2,1-2H3,(H,14,21)(H,15,18)(H,16,19)(H,17,20)/t9-,10-/m0/s1.